The van der Waals surface area contributed by atoms with Gasteiger partial charge in [-0.1, -0.05) is 17.7 Å². The first-order chi connectivity index (χ1) is 9.71. The highest BCUT2D eigenvalue weighted by atomic mass is 35.5. The number of rotatable bonds is 7. The molecule has 0 bridgehead atoms. The van der Waals surface area contributed by atoms with Crippen LogP contribution in [0.2, 0.25) is 5.02 Å². The molecule has 0 saturated heterocycles. The molecule has 1 rings (SSSR count). The Bertz CT molecular complexity index is 587. The van der Waals surface area contributed by atoms with E-state index in [9.17, 15) is 17.6 Å². The van der Waals surface area contributed by atoms with Crippen molar-refractivity contribution in [2.24, 2.45) is 0 Å². The Morgan fingerprint density at radius 3 is 2.67 bits per heavy atom. The summed E-state index contributed by atoms with van der Waals surface area (Å²) in [4.78, 5) is 11.7. The van der Waals surface area contributed by atoms with Gasteiger partial charge in [-0.3, -0.25) is 4.79 Å². The van der Waals surface area contributed by atoms with Crippen molar-refractivity contribution in [1.82, 2.24) is 9.62 Å². The smallest absolute Gasteiger partial charge is 0.224 e. The maximum absolute atomic E-state index is 13.5. The van der Waals surface area contributed by atoms with E-state index in [1.54, 1.807) is 0 Å². The lowest BCUT2D eigenvalue weighted by Gasteiger charge is -2.14. The molecule has 0 radical (unpaired) electrons. The van der Waals surface area contributed by atoms with Crippen molar-refractivity contribution in [2.45, 2.75) is 12.8 Å². The van der Waals surface area contributed by atoms with Crippen LogP contribution in [0.3, 0.4) is 0 Å². The van der Waals surface area contributed by atoms with Crippen LogP contribution < -0.4 is 5.32 Å². The van der Waals surface area contributed by atoms with Crippen molar-refractivity contribution in [3.63, 3.8) is 0 Å². The molecule has 0 spiro atoms. The third-order valence-corrected chi connectivity index (χ3v) is 4.61. The molecule has 0 aliphatic heterocycles. The normalized spacial score (nSPS) is 11.7. The summed E-state index contributed by atoms with van der Waals surface area (Å²) in [5, 5.41) is 2.82. The van der Waals surface area contributed by atoms with Crippen molar-refractivity contribution in [3.05, 3.63) is 34.6 Å². The van der Waals surface area contributed by atoms with Crippen molar-refractivity contribution in [2.75, 3.05) is 26.4 Å². The predicted octanol–water partition coefficient (Wildman–Crippen LogP) is 1.42. The zero-order valence-electron chi connectivity index (χ0n) is 11.9. The quantitative estimate of drug-likeness (QED) is 0.766. The first kappa shape index (κ1) is 17.9. The number of nitrogens with zero attached hydrogens (tertiary/aromatic N) is 1. The summed E-state index contributed by atoms with van der Waals surface area (Å²) < 4.78 is 37.0. The first-order valence-electron chi connectivity index (χ1n) is 6.32. The molecule has 0 saturated carbocycles. The molecule has 8 heteroatoms. The minimum Gasteiger partial charge on any atom is -0.356 e. The highest BCUT2D eigenvalue weighted by Crippen LogP contribution is 2.19. The molecule has 21 heavy (non-hydrogen) atoms. The summed E-state index contributed by atoms with van der Waals surface area (Å²) in [6, 6.07) is 4.24. The molecule has 1 amide bonds. The SMILES string of the molecule is CN(CCCNC(=O)Cc1c(F)cccc1Cl)S(C)(=O)=O. The molecule has 0 aromatic heterocycles. The van der Waals surface area contributed by atoms with Gasteiger partial charge in [0.1, 0.15) is 5.82 Å². The zero-order chi connectivity index (χ0) is 16.0. The lowest BCUT2D eigenvalue weighted by molar-refractivity contribution is -0.120. The minimum absolute atomic E-state index is 0.145. The Morgan fingerprint density at radius 1 is 1.43 bits per heavy atom. The van der Waals surface area contributed by atoms with Gasteiger partial charge in [0, 0.05) is 30.7 Å². The fourth-order valence-corrected chi connectivity index (χ4v) is 2.31. The highest BCUT2D eigenvalue weighted by molar-refractivity contribution is 7.88. The summed E-state index contributed by atoms with van der Waals surface area (Å²) in [5.41, 5.74) is 0.157. The van der Waals surface area contributed by atoms with Crippen molar-refractivity contribution < 1.29 is 17.6 Å². The van der Waals surface area contributed by atoms with E-state index < -0.39 is 15.8 Å². The predicted molar refractivity (Wildman–Crippen MR) is 80.2 cm³/mol. The summed E-state index contributed by atoms with van der Waals surface area (Å²) in [6.45, 7) is 0.615. The van der Waals surface area contributed by atoms with Crippen molar-refractivity contribution in [1.29, 1.82) is 0 Å². The fraction of sp³-hybridized carbons (Fsp3) is 0.462. The van der Waals surface area contributed by atoms with E-state index in [0.29, 0.717) is 19.5 Å². The van der Waals surface area contributed by atoms with Crippen LogP contribution in [0.5, 0.6) is 0 Å². The Balaban J connectivity index is 2.39. The number of hydrogen-bond donors (Lipinski definition) is 1. The van der Waals surface area contributed by atoms with Gasteiger partial charge in [-0.15, -0.1) is 0 Å². The number of benzene rings is 1. The molecular weight excluding hydrogens is 319 g/mol. The molecule has 0 aliphatic carbocycles. The molecular formula is C13H18ClFN2O3S. The topological polar surface area (TPSA) is 66.5 Å². The van der Waals surface area contributed by atoms with Gasteiger partial charge in [-0.05, 0) is 18.6 Å². The molecule has 0 aliphatic rings. The minimum atomic E-state index is -3.21. The molecule has 0 fully saturated rings. The number of carbonyl (C=O) groups is 1. The second-order valence-electron chi connectivity index (χ2n) is 4.67. The molecule has 118 valence electrons. The second kappa shape index (κ2) is 7.72. The largest absolute Gasteiger partial charge is 0.356 e. The number of sulfonamides is 1. The fourth-order valence-electron chi connectivity index (χ4n) is 1.62. The third kappa shape index (κ3) is 5.99. The second-order valence-corrected chi connectivity index (χ2v) is 7.16. The number of halogens is 2. The molecule has 0 atom stereocenters. The Labute approximate surface area is 129 Å². The number of nitrogens with one attached hydrogen (secondary N) is 1. The van der Waals surface area contributed by atoms with Gasteiger partial charge in [0.05, 0.1) is 12.7 Å². The van der Waals surface area contributed by atoms with Crippen LogP contribution >= 0.6 is 11.6 Å². The highest BCUT2D eigenvalue weighted by Gasteiger charge is 2.12. The summed E-state index contributed by atoms with van der Waals surface area (Å²) >= 11 is 5.83. The van der Waals surface area contributed by atoms with E-state index in [0.717, 1.165) is 6.26 Å². The summed E-state index contributed by atoms with van der Waals surface area (Å²) in [7, 11) is -1.74. The van der Waals surface area contributed by atoms with Gasteiger partial charge in [0.2, 0.25) is 15.9 Å². The van der Waals surface area contributed by atoms with Crippen LogP contribution in [0.15, 0.2) is 18.2 Å². The lowest BCUT2D eigenvalue weighted by Crippen LogP contribution is -2.31. The van der Waals surface area contributed by atoms with Gasteiger partial charge >= 0.3 is 0 Å². The van der Waals surface area contributed by atoms with E-state index >= 15 is 0 Å². The number of hydrogen-bond acceptors (Lipinski definition) is 3. The first-order valence-corrected chi connectivity index (χ1v) is 8.55. The Morgan fingerprint density at radius 2 is 2.10 bits per heavy atom. The molecule has 1 aromatic rings. The van der Waals surface area contributed by atoms with E-state index in [-0.39, 0.29) is 22.9 Å². The summed E-state index contributed by atoms with van der Waals surface area (Å²) in [6.07, 6.45) is 1.44. The van der Waals surface area contributed by atoms with Crippen LogP contribution in [0.4, 0.5) is 4.39 Å². The van der Waals surface area contributed by atoms with Crippen LogP contribution in [0.1, 0.15) is 12.0 Å². The van der Waals surface area contributed by atoms with Crippen molar-refractivity contribution in [3.8, 4) is 0 Å². The lowest BCUT2D eigenvalue weighted by atomic mass is 10.1. The zero-order valence-corrected chi connectivity index (χ0v) is 13.5. The molecule has 0 heterocycles. The molecule has 5 nitrogen and oxygen atoms in total. The van der Waals surface area contributed by atoms with Crippen LogP contribution in [-0.2, 0) is 21.2 Å². The van der Waals surface area contributed by atoms with E-state index in [1.807, 2.05) is 0 Å². The van der Waals surface area contributed by atoms with Crippen LogP contribution in [0.25, 0.3) is 0 Å². The van der Waals surface area contributed by atoms with Gasteiger partial charge in [-0.25, -0.2) is 17.1 Å². The average molecular weight is 337 g/mol. The van der Waals surface area contributed by atoms with E-state index in [2.05, 4.69) is 5.32 Å². The van der Waals surface area contributed by atoms with Crippen LogP contribution in [-0.4, -0.2) is 45.0 Å². The number of carbonyl (C=O) groups excluding carboxylic acids is 1. The Hall–Kier alpha value is -1.18. The van der Waals surface area contributed by atoms with Crippen LogP contribution in [0, 0.1) is 5.82 Å². The maximum Gasteiger partial charge on any atom is 0.224 e. The van der Waals surface area contributed by atoms with Gasteiger partial charge in [0.15, 0.2) is 0 Å². The average Bonchev–Trinajstić information content (AvgIpc) is 2.38. The number of amides is 1. The maximum atomic E-state index is 13.5. The van der Waals surface area contributed by atoms with Gasteiger partial charge in [-0.2, -0.15) is 0 Å². The molecule has 0 unspecified atom stereocenters. The van der Waals surface area contributed by atoms with Gasteiger partial charge in [0.25, 0.3) is 0 Å². The standard InChI is InChI=1S/C13H18ClFN2O3S/c1-17(21(2,19)20)8-4-7-16-13(18)9-10-11(14)5-3-6-12(10)15/h3,5-6H,4,7-9H2,1-2H3,(H,16,18). The monoisotopic (exact) mass is 336 g/mol. The summed E-state index contributed by atoms with van der Waals surface area (Å²) in [5.74, 6) is -0.876. The molecule has 1 N–H and O–H groups in total. The third-order valence-electron chi connectivity index (χ3n) is 2.94. The van der Waals surface area contributed by atoms with E-state index in [1.165, 1.54) is 29.6 Å². The van der Waals surface area contributed by atoms with E-state index in [4.69, 9.17) is 11.6 Å². The van der Waals surface area contributed by atoms with Crippen molar-refractivity contribution >= 4 is 27.5 Å². The van der Waals surface area contributed by atoms with Gasteiger partial charge < -0.3 is 5.32 Å². The molecule has 1 aromatic carbocycles. The Kier molecular flexibility index (Phi) is 6.57.